The first-order chi connectivity index (χ1) is 9.43. The van der Waals surface area contributed by atoms with Gasteiger partial charge >= 0.3 is 12.0 Å². The first-order valence-electron chi connectivity index (χ1n) is 7.32. The zero-order valence-electron chi connectivity index (χ0n) is 12.6. The fraction of sp³-hybridized carbons (Fsp3) is 0.857. The number of likely N-dealkylation sites (tertiary alicyclic amines) is 1. The lowest BCUT2D eigenvalue weighted by molar-refractivity contribution is -0.142. The standard InChI is InChI=1S/C14H26N2O4/c1-10(2)20-9-5-4-7-15-14(19)16-8-6-11(3)12(16)13(17)18/h10-12H,4-9H2,1-3H3,(H,15,19)(H,17,18). The van der Waals surface area contributed by atoms with Crippen LogP contribution in [0.3, 0.4) is 0 Å². The number of nitrogens with zero attached hydrogens (tertiary/aromatic N) is 1. The van der Waals surface area contributed by atoms with Gasteiger partial charge in [0.05, 0.1) is 6.10 Å². The molecule has 6 nitrogen and oxygen atoms in total. The largest absolute Gasteiger partial charge is 0.480 e. The van der Waals surface area contributed by atoms with Gasteiger partial charge in [0.1, 0.15) is 6.04 Å². The Labute approximate surface area is 120 Å². The molecule has 6 heteroatoms. The predicted octanol–water partition coefficient (Wildman–Crippen LogP) is 1.70. The molecule has 0 spiro atoms. The highest BCUT2D eigenvalue weighted by Crippen LogP contribution is 2.23. The number of nitrogens with one attached hydrogen (secondary N) is 1. The van der Waals surface area contributed by atoms with Gasteiger partial charge in [-0.15, -0.1) is 0 Å². The molecule has 2 amide bonds. The van der Waals surface area contributed by atoms with Crippen LogP contribution in [0, 0.1) is 5.92 Å². The van der Waals surface area contributed by atoms with E-state index in [0.29, 0.717) is 19.7 Å². The average Bonchev–Trinajstić information content (AvgIpc) is 2.75. The summed E-state index contributed by atoms with van der Waals surface area (Å²) in [4.78, 5) is 24.6. The number of ether oxygens (including phenoxy) is 1. The maximum atomic E-state index is 12.0. The van der Waals surface area contributed by atoms with Gasteiger partial charge in [-0.25, -0.2) is 9.59 Å². The molecule has 1 heterocycles. The second kappa shape index (κ2) is 8.09. The van der Waals surface area contributed by atoms with Crippen molar-refractivity contribution < 1.29 is 19.4 Å². The number of aliphatic carboxylic acids is 1. The van der Waals surface area contributed by atoms with Crippen molar-refractivity contribution in [3.05, 3.63) is 0 Å². The fourth-order valence-corrected chi connectivity index (χ4v) is 2.39. The number of carboxylic acids is 1. The van der Waals surface area contributed by atoms with Crippen LogP contribution in [0.1, 0.15) is 40.0 Å². The first-order valence-corrected chi connectivity index (χ1v) is 7.32. The lowest BCUT2D eigenvalue weighted by Gasteiger charge is -2.23. The van der Waals surface area contributed by atoms with Crippen LogP contribution in [0.2, 0.25) is 0 Å². The Morgan fingerprint density at radius 2 is 2.10 bits per heavy atom. The second-order valence-corrected chi connectivity index (χ2v) is 5.60. The van der Waals surface area contributed by atoms with Crippen LogP contribution in [0.4, 0.5) is 4.79 Å². The van der Waals surface area contributed by atoms with E-state index in [0.717, 1.165) is 19.3 Å². The lowest BCUT2D eigenvalue weighted by Crippen LogP contribution is -2.47. The van der Waals surface area contributed by atoms with Gasteiger partial charge in [-0.3, -0.25) is 0 Å². The maximum Gasteiger partial charge on any atom is 0.326 e. The zero-order valence-corrected chi connectivity index (χ0v) is 12.6. The van der Waals surface area contributed by atoms with Crippen molar-refractivity contribution in [3.8, 4) is 0 Å². The first kappa shape index (κ1) is 16.8. The Morgan fingerprint density at radius 1 is 1.40 bits per heavy atom. The van der Waals surface area contributed by atoms with Crippen LogP contribution in [0.5, 0.6) is 0 Å². The van der Waals surface area contributed by atoms with E-state index in [1.807, 2.05) is 20.8 Å². The molecule has 2 unspecified atom stereocenters. The van der Waals surface area contributed by atoms with E-state index >= 15 is 0 Å². The third kappa shape index (κ3) is 5.00. The Kier molecular flexibility index (Phi) is 6.78. The zero-order chi connectivity index (χ0) is 15.1. The highest BCUT2D eigenvalue weighted by molar-refractivity contribution is 5.83. The van der Waals surface area contributed by atoms with Crippen molar-refractivity contribution in [2.45, 2.75) is 52.2 Å². The van der Waals surface area contributed by atoms with Crippen molar-refractivity contribution in [3.63, 3.8) is 0 Å². The number of hydrogen-bond acceptors (Lipinski definition) is 3. The number of carbonyl (C=O) groups excluding carboxylic acids is 1. The molecule has 20 heavy (non-hydrogen) atoms. The number of rotatable bonds is 7. The average molecular weight is 286 g/mol. The van der Waals surface area contributed by atoms with Crippen LogP contribution < -0.4 is 5.32 Å². The third-order valence-corrected chi connectivity index (χ3v) is 3.51. The molecule has 0 bridgehead atoms. The van der Waals surface area contributed by atoms with Gasteiger partial charge in [0.25, 0.3) is 0 Å². The molecular weight excluding hydrogens is 260 g/mol. The fourth-order valence-electron chi connectivity index (χ4n) is 2.39. The number of amides is 2. The minimum absolute atomic E-state index is 0.0118. The van der Waals surface area contributed by atoms with Gasteiger partial charge in [-0.05, 0) is 39.0 Å². The third-order valence-electron chi connectivity index (χ3n) is 3.51. The summed E-state index contributed by atoms with van der Waals surface area (Å²) in [5, 5.41) is 11.9. The summed E-state index contributed by atoms with van der Waals surface area (Å²) >= 11 is 0. The number of urea groups is 1. The summed E-state index contributed by atoms with van der Waals surface area (Å²) in [6.07, 6.45) is 2.69. The predicted molar refractivity (Wildman–Crippen MR) is 75.6 cm³/mol. The molecule has 1 aliphatic heterocycles. The molecule has 0 saturated carbocycles. The Hall–Kier alpha value is -1.30. The SMILES string of the molecule is CC(C)OCCCCNC(=O)N1CCC(C)C1C(=O)O. The van der Waals surface area contributed by atoms with Gasteiger partial charge in [-0.1, -0.05) is 6.92 Å². The Morgan fingerprint density at radius 3 is 2.70 bits per heavy atom. The van der Waals surface area contributed by atoms with E-state index in [9.17, 15) is 9.59 Å². The van der Waals surface area contributed by atoms with Gasteiger partial charge in [-0.2, -0.15) is 0 Å². The Bertz CT molecular complexity index is 333. The monoisotopic (exact) mass is 286 g/mol. The summed E-state index contributed by atoms with van der Waals surface area (Å²) < 4.78 is 5.41. The second-order valence-electron chi connectivity index (χ2n) is 5.60. The summed E-state index contributed by atoms with van der Waals surface area (Å²) in [5.41, 5.74) is 0. The summed E-state index contributed by atoms with van der Waals surface area (Å²) in [6, 6.07) is -0.967. The van der Waals surface area contributed by atoms with Crippen LogP contribution >= 0.6 is 0 Å². The van der Waals surface area contributed by atoms with Crippen molar-refractivity contribution in [1.82, 2.24) is 10.2 Å². The van der Waals surface area contributed by atoms with Crippen LogP contribution in [0.15, 0.2) is 0 Å². The summed E-state index contributed by atoms with van der Waals surface area (Å²) in [7, 11) is 0. The minimum atomic E-state index is -0.921. The maximum absolute atomic E-state index is 12.0. The van der Waals surface area contributed by atoms with E-state index < -0.39 is 12.0 Å². The molecule has 0 aliphatic carbocycles. The molecule has 2 N–H and O–H groups in total. The van der Waals surface area contributed by atoms with Gasteiger partial charge in [0, 0.05) is 19.7 Å². The number of hydrogen-bond donors (Lipinski definition) is 2. The van der Waals surface area contributed by atoms with Crippen molar-refractivity contribution >= 4 is 12.0 Å². The topological polar surface area (TPSA) is 78.9 Å². The molecule has 1 fully saturated rings. The normalized spacial score (nSPS) is 22.3. The Balaban J connectivity index is 2.24. The van der Waals surface area contributed by atoms with E-state index in [-0.39, 0.29) is 18.1 Å². The molecule has 1 aliphatic rings. The molecule has 1 rings (SSSR count). The van der Waals surface area contributed by atoms with Crippen molar-refractivity contribution in [2.24, 2.45) is 5.92 Å². The molecule has 0 aromatic heterocycles. The summed E-state index contributed by atoms with van der Waals surface area (Å²) in [5.74, 6) is -0.909. The molecular formula is C14H26N2O4. The van der Waals surface area contributed by atoms with E-state index in [4.69, 9.17) is 9.84 Å². The lowest BCUT2D eigenvalue weighted by atomic mass is 10.0. The number of carbonyl (C=O) groups is 2. The van der Waals surface area contributed by atoms with Crippen molar-refractivity contribution in [1.29, 1.82) is 0 Å². The van der Waals surface area contributed by atoms with E-state index in [1.54, 1.807) is 0 Å². The molecule has 1 saturated heterocycles. The smallest absolute Gasteiger partial charge is 0.326 e. The molecule has 2 atom stereocenters. The van der Waals surface area contributed by atoms with Crippen molar-refractivity contribution in [2.75, 3.05) is 19.7 Å². The number of unbranched alkanes of at least 4 members (excludes halogenated alkanes) is 1. The highest BCUT2D eigenvalue weighted by atomic mass is 16.5. The molecule has 0 radical (unpaired) electrons. The minimum Gasteiger partial charge on any atom is -0.480 e. The molecule has 116 valence electrons. The van der Waals surface area contributed by atoms with E-state index in [2.05, 4.69) is 5.32 Å². The van der Waals surface area contributed by atoms with Crippen LogP contribution in [-0.4, -0.2) is 53.8 Å². The molecule has 0 aromatic carbocycles. The van der Waals surface area contributed by atoms with E-state index in [1.165, 1.54) is 4.90 Å². The molecule has 0 aromatic rings. The van der Waals surface area contributed by atoms with Gasteiger partial charge in [0.2, 0.25) is 0 Å². The van der Waals surface area contributed by atoms with Gasteiger partial charge in [0.15, 0.2) is 0 Å². The highest BCUT2D eigenvalue weighted by Gasteiger charge is 2.39. The quantitative estimate of drug-likeness (QED) is 0.698. The van der Waals surface area contributed by atoms with Gasteiger partial charge < -0.3 is 20.1 Å². The number of carboxylic acid groups (broad SMARTS) is 1. The van der Waals surface area contributed by atoms with Crippen LogP contribution in [0.25, 0.3) is 0 Å². The van der Waals surface area contributed by atoms with Crippen LogP contribution in [-0.2, 0) is 9.53 Å². The summed E-state index contributed by atoms with van der Waals surface area (Å²) in [6.45, 7) is 7.60.